The summed E-state index contributed by atoms with van der Waals surface area (Å²) >= 11 is 0. The molecule has 0 spiro atoms. The van der Waals surface area contributed by atoms with E-state index in [2.05, 4.69) is 58.7 Å². The van der Waals surface area contributed by atoms with E-state index in [1.165, 1.54) is 0 Å². The van der Waals surface area contributed by atoms with Gasteiger partial charge in [0.25, 0.3) is 0 Å². The minimum Gasteiger partial charge on any atom is -0.456 e. The molecule has 2 heterocycles. The predicted molar refractivity (Wildman–Crippen MR) is 131 cm³/mol. The van der Waals surface area contributed by atoms with Gasteiger partial charge in [-0.1, -0.05) is 18.2 Å². The molecule has 4 N–H and O–H groups in total. The summed E-state index contributed by atoms with van der Waals surface area (Å²) in [4.78, 5) is 8.91. The number of nitrogens with two attached hydrogens (primary N) is 1. The standard InChI is InChI=1S/C26H23N5O/c1-16-13-19(23-15-18-5-3-4-6-22(18)32-23)14-17(2)25(16)30-24-11-12-28-26(31-24)29-21-9-7-20(27)8-10-21/h3-15H,27H2,1-2H3,(H2,28,29,30,31). The molecule has 5 rings (SSSR count). The highest BCUT2D eigenvalue weighted by Crippen LogP contribution is 2.33. The molecule has 0 aliphatic rings. The van der Waals surface area contributed by atoms with Gasteiger partial charge in [0.1, 0.15) is 17.2 Å². The molecular formula is C26H23N5O. The van der Waals surface area contributed by atoms with Crippen LogP contribution in [0.1, 0.15) is 11.1 Å². The minimum atomic E-state index is 0.508. The van der Waals surface area contributed by atoms with Gasteiger partial charge in [0.2, 0.25) is 5.95 Å². The number of hydrogen-bond donors (Lipinski definition) is 3. The van der Waals surface area contributed by atoms with Crippen LogP contribution < -0.4 is 16.4 Å². The second-order valence-corrected chi connectivity index (χ2v) is 7.77. The first kappa shape index (κ1) is 19.6. The van der Waals surface area contributed by atoms with E-state index in [0.29, 0.717) is 17.5 Å². The monoisotopic (exact) mass is 421 g/mol. The van der Waals surface area contributed by atoms with Gasteiger partial charge >= 0.3 is 0 Å². The van der Waals surface area contributed by atoms with Gasteiger partial charge in [-0.05, 0) is 79.6 Å². The minimum absolute atomic E-state index is 0.508. The average molecular weight is 422 g/mol. The molecular weight excluding hydrogens is 398 g/mol. The van der Waals surface area contributed by atoms with Gasteiger partial charge in [0, 0.05) is 34.2 Å². The fourth-order valence-electron chi connectivity index (χ4n) is 3.74. The van der Waals surface area contributed by atoms with Crippen molar-refractivity contribution >= 4 is 39.8 Å². The summed E-state index contributed by atoms with van der Waals surface area (Å²) in [5.41, 5.74) is 12.5. The normalized spacial score (nSPS) is 10.9. The molecule has 2 aromatic heterocycles. The lowest BCUT2D eigenvalue weighted by Crippen LogP contribution is -2.02. The average Bonchev–Trinajstić information content (AvgIpc) is 3.22. The Morgan fingerprint density at radius 1 is 0.844 bits per heavy atom. The van der Waals surface area contributed by atoms with E-state index in [4.69, 9.17) is 10.2 Å². The number of benzene rings is 3. The van der Waals surface area contributed by atoms with Gasteiger partial charge in [-0.25, -0.2) is 4.98 Å². The highest BCUT2D eigenvalue weighted by Gasteiger charge is 2.12. The van der Waals surface area contributed by atoms with E-state index in [-0.39, 0.29) is 0 Å². The second-order valence-electron chi connectivity index (χ2n) is 7.77. The first-order valence-corrected chi connectivity index (χ1v) is 10.4. The van der Waals surface area contributed by atoms with E-state index in [9.17, 15) is 0 Å². The summed E-state index contributed by atoms with van der Waals surface area (Å²) in [6.45, 7) is 4.16. The quantitative estimate of drug-likeness (QED) is 0.278. The Labute approximate surface area is 186 Å². The first-order chi connectivity index (χ1) is 15.5. The van der Waals surface area contributed by atoms with E-state index in [0.717, 1.165) is 44.8 Å². The maximum atomic E-state index is 6.04. The van der Waals surface area contributed by atoms with Crippen LogP contribution in [0.5, 0.6) is 0 Å². The number of nitrogens with zero attached hydrogens (tertiary/aromatic N) is 2. The lowest BCUT2D eigenvalue weighted by Gasteiger charge is -2.14. The van der Waals surface area contributed by atoms with Crippen LogP contribution in [-0.2, 0) is 0 Å². The Hall–Kier alpha value is -4.32. The number of rotatable bonds is 5. The molecule has 0 unspecified atom stereocenters. The van der Waals surface area contributed by atoms with Crippen molar-refractivity contribution in [2.45, 2.75) is 13.8 Å². The van der Waals surface area contributed by atoms with Crippen LogP contribution in [0.25, 0.3) is 22.3 Å². The van der Waals surface area contributed by atoms with E-state index in [1.54, 1.807) is 6.20 Å². The SMILES string of the molecule is Cc1cc(-c2cc3ccccc3o2)cc(C)c1Nc1ccnc(Nc2ccc(N)cc2)n1. The van der Waals surface area contributed by atoms with Crippen molar-refractivity contribution in [3.8, 4) is 11.3 Å². The topological polar surface area (TPSA) is 89.0 Å². The van der Waals surface area contributed by atoms with Crippen LogP contribution in [0, 0.1) is 13.8 Å². The molecule has 0 fully saturated rings. The number of fused-ring (bicyclic) bond motifs is 1. The summed E-state index contributed by atoms with van der Waals surface area (Å²) in [5.74, 6) is 2.08. The molecule has 0 amide bonds. The number of aromatic nitrogens is 2. The van der Waals surface area contributed by atoms with Crippen molar-refractivity contribution < 1.29 is 4.42 Å². The molecule has 6 nitrogen and oxygen atoms in total. The van der Waals surface area contributed by atoms with Crippen molar-refractivity contribution in [3.63, 3.8) is 0 Å². The van der Waals surface area contributed by atoms with Crippen LogP contribution in [0.4, 0.5) is 28.8 Å². The molecule has 0 bridgehead atoms. The number of nitrogen functional groups attached to an aromatic ring is 1. The molecule has 6 heteroatoms. The molecule has 0 aliphatic heterocycles. The third kappa shape index (κ3) is 3.98. The number of furan rings is 1. The van der Waals surface area contributed by atoms with E-state index >= 15 is 0 Å². The van der Waals surface area contributed by atoms with Crippen LogP contribution in [0.3, 0.4) is 0 Å². The predicted octanol–water partition coefficient (Wildman–Crippen LogP) is 6.58. The maximum absolute atomic E-state index is 6.04. The summed E-state index contributed by atoms with van der Waals surface area (Å²) in [6, 6.07) is 23.7. The summed E-state index contributed by atoms with van der Waals surface area (Å²) in [7, 11) is 0. The molecule has 5 aromatic rings. The van der Waals surface area contributed by atoms with Crippen LogP contribution in [0.15, 0.2) is 83.4 Å². The second kappa shape index (κ2) is 8.07. The van der Waals surface area contributed by atoms with Crippen molar-refractivity contribution in [3.05, 3.63) is 90.1 Å². The number of aryl methyl sites for hydroxylation is 2. The van der Waals surface area contributed by atoms with Gasteiger partial charge in [0.15, 0.2) is 0 Å². The zero-order valence-corrected chi connectivity index (χ0v) is 17.9. The van der Waals surface area contributed by atoms with Gasteiger partial charge in [-0.2, -0.15) is 4.98 Å². The largest absolute Gasteiger partial charge is 0.456 e. The van der Waals surface area contributed by atoms with Gasteiger partial charge < -0.3 is 20.8 Å². The van der Waals surface area contributed by atoms with E-state index in [1.807, 2.05) is 48.5 Å². The molecule has 158 valence electrons. The number of anilines is 5. The Morgan fingerprint density at radius 3 is 2.34 bits per heavy atom. The molecule has 0 saturated carbocycles. The zero-order valence-electron chi connectivity index (χ0n) is 17.9. The third-order valence-corrected chi connectivity index (χ3v) is 5.32. The molecule has 32 heavy (non-hydrogen) atoms. The van der Waals surface area contributed by atoms with Crippen LogP contribution in [-0.4, -0.2) is 9.97 Å². The highest BCUT2D eigenvalue weighted by atomic mass is 16.3. The zero-order chi connectivity index (χ0) is 22.1. The fraction of sp³-hybridized carbons (Fsp3) is 0.0769. The van der Waals surface area contributed by atoms with Crippen molar-refractivity contribution in [2.75, 3.05) is 16.4 Å². The first-order valence-electron chi connectivity index (χ1n) is 10.4. The third-order valence-electron chi connectivity index (χ3n) is 5.32. The maximum Gasteiger partial charge on any atom is 0.229 e. The molecule has 0 radical (unpaired) electrons. The van der Waals surface area contributed by atoms with E-state index < -0.39 is 0 Å². The smallest absolute Gasteiger partial charge is 0.229 e. The lowest BCUT2D eigenvalue weighted by atomic mass is 10.0. The summed E-state index contributed by atoms with van der Waals surface area (Å²) in [6.07, 6.45) is 1.72. The number of hydrogen-bond acceptors (Lipinski definition) is 6. The molecule has 0 aliphatic carbocycles. The van der Waals surface area contributed by atoms with Gasteiger partial charge in [-0.15, -0.1) is 0 Å². The van der Waals surface area contributed by atoms with Crippen LogP contribution in [0.2, 0.25) is 0 Å². The van der Waals surface area contributed by atoms with Gasteiger partial charge in [0.05, 0.1) is 0 Å². The van der Waals surface area contributed by atoms with Crippen molar-refractivity contribution in [2.24, 2.45) is 0 Å². The number of nitrogens with one attached hydrogen (secondary N) is 2. The molecule has 0 saturated heterocycles. The fourth-order valence-corrected chi connectivity index (χ4v) is 3.74. The summed E-state index contributed by atoms with van der Waals surface area (Å²) < 4.78 is 6.04. The Kier molecular flexibility index (Phi) is 4.95. The Bertz CT molecular complexity index is 1350. The Morgan fingerprint density at radius 2 is 1.59 bits per heavy atom. The molecule has 0 atom stereocenters. The van der Waals surface area contributed by atoms with Crippen LogP contribution >= 0.6 is 0 Å². The lowest BCUT2D eigenvalue weighted by molar-refractivity contribution is 0.631. The highest BCUT2D eigenvalue weighted by molar-refractivity contribution is 5.83. The van der Waals surface area contributed by atoms with Crippen molar-refractivity contribution in [1.82, 2.24) is 9.97 Å². The van der Waals surface area contributed by atoms with Crippen molar-refractivity contribution in [1.29, 1.82) is 0 Å². The Balaban J connectivity index is 1.40. The molecule has 3 aromatic carbocycles. The summed E-state index contributed by atoms with van der Waals surface area (Å²) in [5, 5.41) is 7.74. The van der Waals surface area contributed by atoms with Gasteiger partial charge in [-0.3, -0.25) is 0 Å². The number of para-hydroxylation sites is 1.